The van der Waals surface area contributed by atoms with E-state index in [0.717, 1.165) is 17.1 Å². The Morgan fingerprint density at radius 2 is 0.625 bits per heavy atom. The standard InChI is InChI=1S/C71H47N/c1-2-19-55-47-56(40-33-48(55)15-1)71(67-31-13-22-51-18-5-8-25-64(51)67)68-30-10-9-26-66(68)70-65(29-14-32-69(70)71)54-38-45-59(46-39-54)72(57-41-34-52(35-42-57)62-27-11-20-49-16-3-6-23-60(49)62)58-43-36-53(37-44-58)63-28-12-21-50-17-4-7-24-61(50)63/h1-47H. The highest BCUT2D eigenvalue weighted by Gasteiger charge is 2.47. The van der Waals surface area contributed by atoms with Gasteiger partial charge in [-0.05, 0) is 152 Å². The van der Waals surface area contributed by atoms with Crippen molar-refractivity contribution in [3.63, 3.8) is 0 Å². The summed E-state index contributed by atoms with van der Waals surface area (Å²) in [5.41, 5.74) is 17.7. The van der Waals surface area contributed by atoms with Crippen molar-refractivity contribution in [3.8, 4) is 44.5 Å². The summed E-state index contributed by atoms with van der Waals surface area (Å²) in [5, 5.41) is 9.98. The number of hydrogen-bond donors (Lipinski definition) is 0. The van der Waals surface area contributed by atoms with Crippen molar-refractivity contribution in [3.05, 3.63) is 307 Å². The Morgan fingerprint density at radius 1 is 0.236 bits per heavy atom. The van der Waals surface area contributed by atoms with Crippen LogP contribution in [0, 0.1) is 0 Å². The molecule has 14 rings (SSSR count). The molecular weight excluding hydrogens is 867 g/mol. The minimum absolute atomic E-state index is 0.569. The van der Waals surface area contributed by atoms with Crippen molar-refractivity contribution in [2.75, 3.05) is 4.90 Å². The molecule has 1 heteroatoms. The molecule has 1 unspecified atom stereocenters. The van der Waals surface area contributed by atoms with Crippen LogP contribution in [0.5, 0.6) is 0 Å². The number of fused-ring (bicyclic) bond motifs is 7. The maximum atomic E-state index is 2.43. The second kappa shape index (κ2) is 17.0. The largest absolute Gasteiger partial charge is 0.311 e. The zero-order valence-corrected chi connectivity index (χ0v) is 39.6. The Balaban J connectivity index is 0.918. The van der Waals surface area contributed by atoms with E-state index in [9.17, 15) is 0 Å². The topological polar surface area (TPSA) is 3.24 Å². The lowest BCUT2D eigenvalue weighted by atomic mass is 9.66. The Hall–Kier alpha value is -9.30. The zero-order chi connectivity index (χ0) is 47.6. The highest BCUT2D eigenvalue weighted by Crippen LogP contribution is 2.59. The van der Waals surface area contributed by atoms with Gasteiger partial charge in [0.25, 0.3) is 0 Å². The van der Waals surface area contributed by atoms with E-state index in [1.165, 1.54) is 110 Å². The summed E-state index contributed by atoms with van der Waals surface area (Å²) in [6.07, 6.45) is 0. The van der Waals surface area contributed by atoms with Gasteiger partial charge >= 0.3 is 0 Å². The van der Waals surface area contributed by atoms with Crippen molar-refractivity contribution in [1.82, 2.24) is 0 Å². The minimum atomic E-state index is -0.569. The summed E-state index contributed by atoms with van der Waals surface area (Å²) < 4.78 is 0. The van der Waals surface area contributed by atoms with Gasteiger partial charge in [-0.1, -0.05) is 243 Å². The molecule has 0 N–H and O–H groups in total. The fourth-order valence-corrected chi connectivity index (χ4v) is 12.1. The van der Waals surface area contributed by atoms with E-state index in [-0.39, 0.29) is 0 Å². The lowest BCUT2D eigenvalue weighted by molar-refractivity contribution is 0.778. The number of hydrogen-bond acceptors (Lipinski definition) is 1. The van der Waals surface area contributed by atoms with Crippen molar-refractivity contribution < 1.29 is 0 Å². The third-order valence-corrected chi connectivity index (χ3v) is 15.3. The molecule has 0 bridgehead atoms. The Morgan fingerprint density at radius 3 is 1.22 bits per heavy atom. The summed E-state index contributed by atoms with van der Waals surface area (Å²) in [5.74, 6) is 0. The van der Waals surface area contributed by atoms with E-state index < -0.39 is 5.41 Å². The van der Waals surface area contributed by atoms with E-state index in [0.29, 0.717) is 0 Å². The quantitative estimate of drug-likeness (QED) is 0.147. The monoisotopic (exact) mass is 913 g/mol. The molecule has 0 radical (unpaired) electrons. The highest BCUT2D eigenvalue weighted by molar-refractivity contribution is 6.01. The van der Waals surface area contributed by atoms with Crippen molar-refractivity contribution in [2.24, 2.45) is 0 Å². The Bertz CT molecular complexity index is 4070. The third kappa shape index (κ3) is 6.63. The average molecular weight is 914 g/mol. The van der Waals surface area contributed by atoms with Crippen LogP contribution in [0.4, 0.5) is 17.1 Å². The van der Waals surface area contributed by atoms with Crippen LogP contribution in [0.2, 0.25) is 0 Å². The average Bonchev–Trinajstić information content (AvgIpc) is 3.76. The normalized spacial score (nSPS) is 13.9. The minimum Gasteiger partial charge on any atom is -0.311 e. The highest BCUT2D eigenvalue weighted by atomic mass is 15.1. The molecule has 336 valence electrons. The molecule has 0 saturated heterocycles. The first-order chi connectivity index (χ1) is 35.7. The molecular formula is C71H47N. The fraction of sp³-hybridized carbons (Fsp3) is 0.0141. The predicted molar refractivity (Wildman–Crippen MR) is 305 cm³/mol. The van der Waals surface area contributed by atoms with Crippen LogP contribution >= 0.6 is 0 Å². The van der Waals surface area contributed by atoms with Gasteiger partial charge in [0, 0.05) is 17.1 Å². The third-order valence-electron chi connectivity index (χ3n) is 15.3. The first kappa shape index (κ1) is 41.7. The summed E-state index contributed by atoms with van der Waals surface area (Å²) in [7, 11) is 0. The van der Waals surface area contributed by atoms with E-state index in [1.54, 1.807) is 0 Å². The lowest BCUT2D eigenvalue weighted by Crippen LogP contribution is -2.29. The Labute approximate surface area is 420 Å². The van der Waals surface area contributed by atoms with E-state index in [1.807, 2.05) is 0 Å². The van der Waals surface area contributed by atoms with Crippen molar-refractivity contribution in [2.45, 2.75) is 5.41 Å². The first-order valence-electron chi connectivity index (χ1n) is 25.0. The number of benzene rings is 13. The summed E-state index contributed by atoms with van der Waals surface area (Å²) in [6.45, 7) is 0. The summed E-state index contributed by atoms with van der Waals surface area (Å²) in [4.78, 5) is 2.39. The van der Waals surface area contributed by atoms with Gasteiger partial charge < -0.3 is 4.90 Å². The van der Waals surface area contributed by atoms with Gasteiger partial charge in [0.15, 0.2) is 0 Å². The molecule has 0 aromatic heterocycles. The van der Waals surface area contributed by atoms with Crippen LogP contribution in [0.1, 0.15) is 22.3 Å². The van der Waals surface area contributed by atoms with Gasteiger partial charge in [-0.25, -0.2) is 0 Å². The molecule has 0 spiro atoms. The predicted octanol–water partition coefficient (Wildman–Crippen LogP) is 19.1. The van der Waals surface area contributed by atoms with Crippen molar-refractivity contribution >= 4 is 60.2 Å². The molecule has 1 aliphatic rings. The van der Waals surface area contributed by atoms with Crippen LogP contribution in [-0.2, 0) is 5.41 Å². The molecule has 1 nitrogen and oxygen atoms in total. The molecule has 0 fully saturated rings. The SMILES string of the molecule is c1ccc2c(c1)-c1c(-c3ccc(N(c4ccc(-c5cccc6ccccc56)cc4)c4ccc(-c5cccc6ccccc56)cc4)cc3)cccc1C2(c1ccc2ccccc2c1)c1cccc2ccccc12. The maximum Gasteiger partial charge on any atom is 0.0719 e. The Kier molecular flexibility index (Phi) is 9.82. The molecule has 13 aromatic carbocycles. The smallest absolute Gasteiger partial charge is 0.0719 e. The first-order valence-corrected chi connectivity index (χ1v) is 25.0. The van der Waals surface area contributed by atoms with E-state index in [2.05, 4.69) is 290 Å². The van der Waals surface area contributed by atoms with Gasteiger partial charge in [0.05, 0.1) is 5.41 Å². The number of nitrogens with zero attached hydrogens (tertiary/aromatic N) is 1. The zero-order valence-electron chi connectivity index (χ0n) is 39.6. The summed E-state index contributed by atoms with van der Waals surface area (Å²) >= 11 is 0. The second-order valence-electron chi connectivity index (χ2n) is 19.1. The van der Waals surface area contributed by atoms with Crippen LogP contribution < -0.4 is 4.90 Å². The number of anilines is 3. The van der Waals surface area contributed by atoms with E-state index in [4.69, 9.17) is 0 Å². The van der Waals surface area contributed by atoms with Gasteiger partial charge in [-0.3, -0.25) is 0 Å². The van der Waals surface area contributed by atoms with Gasteiger partial charge in [0.2, 0.25) is 0 Å². The molecule has 0 heterocycles. The lowest BCUT2D eigenvalue weighted by Gasteiger charge is -2.35. The van der Waals surface area contributed by atoms with E-state index >= 15 is 0 Å². The van der Waals surface area contributed by atoms with Crippen LogP contribution in [0.15, 0.2) is 285 Å². The van der Waals surface area contributed by atoms with Crippen molar-refractivity contribution in [1.29, 1.82) is 0 Å². The molecule has 13 aromatic rings. The maximum absolute atomic E-state index is 2.43. The summed E-state index contributed by atoms with van der Waals surface area (Å²) in [6, 6.07) is 106. The second-order valence-corrected chi connectivity index (χ2v) is 19.1. The molecule has 0 aliphatic heterocycles. The molecule has 72 heavy (non-hydrogen) atoms. The number of rotatable bonds is 8. The van der Waals surface area contributed by atoms with Crippen LogP contribution in [0.3, 0.4) is 0 Å². The van der Waals surface area contributed by atoms with Crippen LogP contribution in [0.25, 0.3) is 87.6 Å². The fourth-order valence-electron chi connectivity index (χ4n) is 12.1. The molecule has 0 amide bonds. The molecule has 1 aliphatic carbocycles. The molecule has 1 atom stereocenters. The van der Waals surface area contributed by atoms with Gasteiger partial charge in [-0.15, -0.1) is 0 Å². The van der Waals surface area contributed by atoms with Gasteiger partial charge in [-0.2, -0.15) is 0 Å². The van der Waals surface area contributed by atoms with Gasteiger partial charge in [0.1, 0.15) is 0 Å². The molecule has 0 saturated carbocycles. The van der Waals surface area contributed by atoms with Crippen LogP contribution in [-0.4, -0.2) is 0 Å².